The summed E-state index contributed by atoms with van der Waals surface area (Å²) in [6.07, 6.45) is 0. The molecule has 0 saturated carbocycles. The lowest BCUT2D eigenvalue weighted by Crippen LogP contribution is -2.12. The maximum atomic E-state index is 11.6. The Labute approximate surface area is 93.5 Å². The smallest absolute Gasteiger partial charge is 0.362 e. The van der Waals surface area contributed by atoms with Crippen molar-refractivity contribution in [1.82, 2.24) is 0 Å². The summed E-state index contributed by atoms with van der Waals surface area (Å²) in [4.78, 5) is 11.6. The first-order chi connectivity index (χ1) is 7.84. The molecule has 0 N–H and O–H groups in total. The van der Waals surface area contributed by atoms with E-state index in [1.807, 2.05) is 60.7 Å². The zero-order valence-corrected chi connectivity index (χ0v) is 8.59. The van der Waals surface area contributed by atoms with Gasteiger partial charge in [-0.15, -0.1) is 0 Å². The van der Waals surface area contributed by atoms with Gasteiger partial charge in [0.1, 0.15) is 0 Å². The zero-order valence-electron chi connectivity index (χ0n) is 8.59. The molecule has 78 valence electrons. The van der Waals surface area contributed by atoms with Crippen LogP contribution in [-0.4, -0.2) is 5.97 Å². The summed E-state index contributed by atoms with van der Waals surface area (Å²) < 4.78 is 5.24. The summed E-state index contributed by atoms with van der Waals surface area (Å²) >= 11 is 0. The van der Waals surface area contributed by atoms with Gasteiger partial charge in [0, 0.05) is 11.1 Å². The highest BCUT2D eigenvalue weighted by Crippen LogP contribution is 2.46. The van der Waals surface area contributed by atoms with E-state index < -0.39 is 5.60 Å². The number of benzene rings is 2. The van der Waals surface area contributed by atoms with Gasteiger partial charge in [0.25, 0.3) is 5.60 Å². The molecule has 0 radical (unpaired) electrons. The molecule has 0 aromatic heterocycles. The highest BCUT2D eigenvalue weighted by molar-refractivity contribution is 5.98. The van der Waals surface area contributed by atoms with Crippen molar-refractivity contribution in [1.29, 1.82) is 0 Å². The molecular formula is C14H10O2. The molecular weight excluding hydrogens is 200 g/mol. The van der Waals surface area contributed by atoms with Crippen molar-refractivity contribution < 1.29 is 9.53 Å². The maximum Gasteiger partial charge on any atom is 0.362 e. The normalized spacial score (nSPS) is 16.6. The monoisotopic (exact) mass is 210 g/mol. The number of hydrogen-bond donors (Lipinski definition) is 0. The molecule has 1 fully saturated rings. The van der Waals surface area contributed by atoms with Gasteiger partial charge in [0.2, 0.25) is 0 Å². The van der Waals surface area contributed by atoms with Crippen LogP contribution in [0.3, 0.4) is 0 Å². The molecule has 0 aliphatic carbocycles. The lowest BCUT2D eigenvalue weighted by atomic mass is 9.91. The molecule has 2 nitrogen and oxygen atoms in total. The van der Waals surface area contributed by atoms with E-state index in [1.54, 1.807) is 0 Å². The molecule has 0 amide bonds. The summed E-state index contributed by atoms with van der Waals surface area (Å²) in [7, 11) is 0. The van der Waals surface area contributed by atoms with Crippen molar-refractivity contribution in [2.45, 2.75) is 5.60 Å². The first-order valence-corrected chi connectivity index (χ1v) is 5.18. The van der Waals surface area contributed by atoms with E-state index in [9.17, 15) is 4.79 Å². The molecule has 0 atom stereocenters. The number of ether oxygens (including phenoxy) is 1. The van der Waals surface area contributed by atoms with Gasteiger partial charge in [-0.3, -0.25) is 0 Å². The van der Waals surface area contributed by atoms with Gasteiger partial charge in [0.15, 0.2) is 0 Å². The van der Waals surface area contributed by atoms with Crippen LogP contribution < -0.4 is 0 Å². The van der Waals surface area contributed by atoms with E-state index in [2.05, 4.69) is 0 Å². The highest BCUT2D eigenvalue weighted by atomic mass is 16.7. The van der Waals surface area contributed by atoms with Crippen molar-refractivity contribution >= 4 is 5.97 Å². The quantitative estimate of drug-likeness (QED) is 0.713. The second-order valence-electron chi connectivity index (χ2n) is 3.80. The van der Waals surface area contributed by atoms with Crippen LogP contribution >= 0.6 is 0 Å². The van der Waals surface area contributed by atoms with E-state index in [0.29, 0.717) is 0 Å². The lowest BCUT2D eigenvalue weighted by Gasteiger charge is -2.08. The molecule has 0 unspecified atom stereocenters. The molecule has 1 aliphatic heterocycles. The van der Waals surface area contributed by atoms with Crippen LogP contribution in [0.15, 0.2) is 60.7 Å². The van der Waals surface area contributed by atoms with Crippen LogP contribution in [0.1, 0.15) is 11.1 Å². The standard InChI is InChI=1S/C14H10O2/c15-13-14(16-13,11-7-3-1-4-8-11)12-9-5-2-6-10-12/h1-10H. The van der Waals surface area contributed by atoms with E-state index in [1.165, 1.54) is 0 Å². The fraction of sp³-hybridized carbons (Fsp3) is 0.0714. The van der Waals surface area contributed by atoms with Gasteiger partial charge < -0.3 is 4.74 Å². The number of hydrogen-bond acceptors (Lipinski definition) is 2. The average Bonchev–Trinajstić information content (AvgIpc) is 3.05. The Hall–Kier alpha value is -2.09. The van der Waals surface area contributed by atoms with E-state index in [0.717, 1.165) is 11.1 Å². The predicted molar refractivity (Wildman–Crippen MR) is 59.8 cm³/mol. The summed E-state index contributed by atoms with van der Waals surface area (Å²) in [5.41, 5.74) is 0.945. The van der Waals surface area contributed by atoms with Crippen LogP contribution in [0.4, 0.5) is 0 Å². The minimum absolute atomic E-state index is 0.176. The number of epoxide rings is 1. The Bertz CT molecular complexity index is 477. The van der Waals surface area contributed by atoms with Crippen molar-refractivity contribution in [3.8, 4) is 0 Å². The minimum Gasteiger partial charge on any atom is -0.433 e. The van der Waals surface area contributed by atoms with Gasteiger partial charge in [-0.25, -0.2) is 4.79 Å². The number of carbonyl (C=O) groups is 1. The van der Waals surface area contributed by atoms with Crippen LogP contribution in [0.2, 0.25) is 0 Å². The summed E-state index contributed by atoms with van der Waals surface area (Å²) in [5, 5.41) is 0. The molecule has 2 aromatic carbocycles. The van der Waals surface area contributed by atoms with Gasteiger partial charge in [-0.05, 0) is 0 Å². The second-order valence-corrected chi connectivity index (χ2v) is 3.80. The van der Waals surface area contributed by atoms with E-state index >= 15 is 0 Å². The van der Waals surface area contributed by atoms with Crippen molar-refractivity contribution in [2.75, 3.05) is 0 Å². The summed E-state index contributed by atoms with van der Waals surface area (Å²) in [5.74, 6) is -0.176. The van der Waals surface area contributed by atoms with Crippen LogP contribution in [0.5, 0.6) is 0 Å². The summed E-state index contributed by atoms with van der Waals surface area (Å²) in [6, 6.07) is 19.2. The molecule has 1 aliphatic rings. The largest absolute Gasteiger partial charge is 0.433 e. The lowest BCUT2D eigenvalue weighted by molar-refractivity contribution is -0.117. The number of cyclic esters (lactones) is 1. The SMILES string of the molecule is O=C1OC1(c1ccccc1)c1ccccc1. The number of rotatable bonds is 2. The summed E-state index contributed by atoms with van der Waals surface area (Å²) in [6.45, 7) is 0. The van der Waals surface area contributed by atoms with Crippen molar-refractivity contribution in [3.63, 3.8) is 0 Å². The van der Waals surface area contributed by atoms with Crippen LogP contribution in [0, 0.1) is 0 Å². The Kier molecular flexibility index (Phi) is 1.83. The fourth-order valence-corrected chi connectivity index (χ4v) is 1.98. The Balaban J connectivity index is 2.13. The molecule has 1 heterocycles. The van der Waals surface area contributed by atoms with Crippen molar-refractivity contribution in [3.05, 3.63) is 71.8 Å². The predicted octanol–water partition coefficient (Wildman–Crippen LogP) is 2.49. The van der Waals surface area contributed by atoms with Gasteiger partial charge in [0.05, 0.1) is 0 Å². The average molecular weight is 210 g/mol. The molecule has 0 spiro atoms. The first kappa shape index (κ1) is 9.16. The Morgan fingerprint density at radius 1 is 0.750 bits per heavy atom. The van der Waals surface area contributed by atoms with Gasteiger partial charge in [-0.2, -0.15) is 0 Å². The molecule has 2 aromatic rings. The van der Waals surface area contributed by atoms with Gasteiger partial charge in [-0.1, -0.05) is 60.7 Å². The molecule has 0 bridgehead atoms. The first-order valence-electron chi connectivity index (χ1n) is 5.18. The molecule has 1 saturated heterocycles. The Morgan fingerprint density at radius 3 is 1.44 bits per heavy atom. The topological polar surface area (TPSA) is 29.6 Å². The molecule has 2 heteroatoms. The Morgan fingerprint density at radius 2 is 1.12 bits per heavy atom. The third-order valence-corrected chi connectivity index (χ3v) is 2.85. The number of carbonyl (C=O) groups excluding carboxylic acids is 1. The molecule has 16 heavy (non-hydrogen) atoms. The minimum atomic E-state index is -0.845. The van der Waals surface area contributed by atoms with Crippen LogP contribution in [0.25, 0.3) is 0 Å². The third-order valence-electron chi connectivity index (χ3n) is 2.85. The second kappa shape index (κ2) is 3.20. The zero-order chi connectivity index (χ0) is 11.0. The highest BCUT2D eigenvalue weighted by Gasteiger charge is 2.60. The van der Waals surface area contributed by atoms with E-state index in [4.69, 9.17) is 4.74 Å². The van der Waals surface area contributed by atoms with E-state index in [-0.39, 0.29) is 5.97 Å². The van der Waals surface area contributed by atoms with Crippen molar-refractivity contribution in [2.24, 2.45) is 0 Å². The third kappa shape index (κ3) is 1.16. The maximum absolute atomic E-state index is 11.6. The molecule has 3 rings (SSSR count). The van der Waals surface area contributed by atoms with Crippen LogP contribution in [-0.2, 0) is 15.1 Å². The van der Waals surface area contributed by atoms with Gasteiger partial charge >= 0.3 is 5.97 Å². The fourth-order valence-electron chi connectivity index (χ4n) is 1.98.